The molecule has 0 radical (unpaired) electrons. The van der Waals surface area contributed by atoms with Crippen molar-refractivity contribution in [3.05, 3.63) is 29.3 Å². The van der Waals surface area contributed by atoms with Gasteiger partial charge in [-0.25, -0.2) is 0 Å². The smallest absolute Gasteiger partial charge is 0.124 e. The van der Waals surface area contributed by atoms with Crippen molar-refractivity contribution >= 4 is 0 Å². The summed E-state index contributed by atoms with van der Waals surface area (Å²) in [6.45, 7) is 3.78. The van der Waals surface area contributed by atoms with E-state index in [0.717, 1.165) is 29.3 Å². The number of ether oxygens (including phenoxy) is 1. The molecule has 0 heterocycles. The van der Waals surface area contributed by atoms with Gasteiger partial charge in [-0.1, -0.05) is 11.6 Å². The molecule has 3 heteroatoms. The minimum Gasteiger partial charge on any atom is -0.496 e. The van der Waals surface area contributed by atoms with E-state index in [0.29, 0.717) is 6.54 Å². The van der Waals surface area contributed by atoms with E-state index in [1.165, 1.54) is 12.8 Å². The quantitative estimate of drug-likeness (QED) is 0.840. The number of hydrogen-bond donors (Lipinski definition) is 1. The van der Waals surface area contributed by atoms with Gasteiger partial charge >= 0.3 is 0 Å². The van der Waals surface area contributed by atoms with E-state index in [9.17, 15) is 5.11 Å². The lowest BCUT2D eigenvalue weighted by atomic mass is 10.0. The summed E-state index contributed by atoms with van der Waals surface area (Å²) in [5.74, 6) is 1.62. The SMILES string of the molecule is COc1ccc(C)cc1C(O)CN(C)CC1CC1. The van der Waals surface area contributed by atoms with Crippen LogP contribution in [0.15, 0.2) is 18.2 Å². The van der Waals surface area contributed by atoms with Crippen LogP contribution in [0.3, 0.4) is 0 Å². The highest BCUT2D eigenvalue weighted by atomic mass is 16.5. The lowest BCUT2D eigenvalue weighted by molar-refractivity contribution is 0.122. The molecule has 0 spiro atoms. The Labute approximate surface area is 109 Å². The van der Waals surface area contributed by atoms with Crippen LogP contribution in [0.4, 0.5) is 0 Å². The van der Waals surface area contributed by atoms with Crippen LogP contribution in [-0.4, -0.2) is 37.3 Å². The zero-order valence-corrected chi connectivity index (χ0v) is 11.5. The van der Waals surface area contributed by atoms with Gasteiger partial charge in [-0.05, 0) is 44.9 Å². The number of aliphatic hydroxyl groups is 1. The molecule has 1 fully saturated rings. The molecule has 18 heavy (non-hydrogen) atoms. The van der Waals surface area contributed by atoms with E-state index in [1.807, 2.05) is 25.1 Å². The summed E-state index contributed by atoms with van der Waals surface area (Å²) < 4.78 is 5.32. The summed E-state index contributed by atoms with van der Waals surface area (Å²) in [7, 11) is 3.72. The Morgan fingerprint density at radius 1 is 1.44 bits per heavy atom. The minimum absolute atomic E-state index is 0.483. The van der Waals surface area contributed by atoms with Gasteiger partial charge in [-0.3, -0.25) is 0 Å². The van der Waals surface area contributed by atoms with Crippen molar-refractivity contribution in [3.8, 4) is 5.75 Å². The van der Waals surface area contributed by atoms with E-state index in [1.54, 1.807) is 7.11 Å². The van der Waals surface area contributed by atoms with Crippen molar-refractivity contribution in [1.82, 2.24) is 4.90 Å². The monoisotopic (exact) mass is 249 g/mol. The van der Waals surface area contributed by atoms with Gasteiger partial charge in [-0.15, -0.1) is 0 Å². The van der Waals surface area contributed by atoms with Gasteiger partial charge in [0.05, 0.1) is 13.2 Å². The Morgan fingerprint density at radius 3 is 2.78 bits per heavy atom. The van der Waals surface area contributed by atoms with Crippen LogP contribution in [-0.2, 0) is 0 Å². The average molecular weight is 249 g/mol. The molecule has 3 nitrogen and oxygen atoms in total. The van der Waals surface area contributed by atoms with Crippen LogP contribution >= 0.6 is 0 Å². The Bertz CT molecular complexity index is 401. The van der Waals surface area contributed by atoms with Crippen molar-refractivity contribution in [1.29, 1.82) is 0 Å². The molecule has 1 N–H and O–H groups in total. The number of methoxy groups -OCH3 is 1. The summed E-state index contributed by atoms with van der Waals surface area (Å²) >= 11 is 0. The zero-order valence-electron chi connectivity index (χ0n) is 11.5. The molecule has 1 aliphatic rings. The third-order valence-corrected chi connectivity index (χ3v) is 3.50. The Hall–Kier alpha value is -1.06. The fourth-order valence-electron chi connectivity index (χ4n) is 2.32. The van der Waals surface area contributed by atoms with Crippen LogP contribution in [0.1, 0.15) is 30.1 Å². The largest absolute Gasteiger partial charge is 0.496 e. The summed E-state index contributed by atoms with van der Waals surface area (Å²) in [6, 6.07) is 5.94. The lowest BCUT2D eigenvalue weighted by Crippen LogP contribution is -2.26. The van der Waals surface area contributed by atoms with Gasteiger partial charge in [0.1, 0.15) is 5.75 Å². The Kier molecular flexibility index (Phi) is 4.25. The zero-order chi connectivity index (χ0) is 13.1. The first kappa shape index (κ1) is 13.4. The molecule has 100 valence electrons. The van der Waals surface area contributed by atoms with Crippen LogP contribution in [0, 0.1) is 12.8 Å². The molecule has 0 bridgehead atoms. The molecule has 0 aromatic heterocycles. The van der Waals surface area contributed by atoms with Crippen LogP contribution in [0.2, 0.25) is 0 Å². The lowest BCUT2D eigenvalue weighted by Gasteiger charge is -2.22. The van der Waals surface area contributed by atoms with Crippen molar-refractivity contribution in [2.75, 3.05) is 27.2 Å². The van der Waals surface area contributed by atoms with E-state index in [2.05, 4.69) is 11.9 Å². The molecule has 0 amide bonds. The van der Waals surface area contributed by atoms with Crippen LogP contribution in [0.5, 0.6) is 5.75 Å². The normalized spacial score (nSPS) is 16.9. The highest BCUT2D eigenvalue weighted by molar-refractivity contribution is 5.38. The molecule has 0 saturated heterocycles. The molecule has 1 aliphatic carbocycles. The maximum absolute atomic E-state index is 10.3. The molecular formula is C15H23NO2. The first-order chi connectivity index (χ1) is 8.60. The van der Waals surface area contributed by atoms with Crippen LogP contribution in [0.25, 0.3) is 0 Å². The fraction of sp³-hybridized carbons (Fsp3) is 0.600. The molecule has 2 rings (SSSR count). The summed E-state index contributed by atoms with van der Waals surface area (Å²) in [5.41, 5.74) is 2.04. The Morgan fingerprint density at radius 2 is 2.17 bits per heavy atom. The van der Waals surface area contributed by atoms with Gasteiger partial charge in [0.25, 0.3) is 0 Å². The number of aliphatic hydroxyl groups excluding tert-OH is 1. The number of hydrogen-bond acceptors (Lipinski definition) is 3. The fourth-order valence-corrected chi connectivity index (χ4v) is 2.32. The second kappa shape index (κ2) is 5.72. The molecular weight excluding hydrogens is 226 g/mol. The predicted octanol–water partition coefficient (Wildman–Crippen LogP) is 2.38. The second-order valence-electron chi connectivity index (χ2n) is 5.43. The van der Waals surface area contributed by atoms with Crippen molar-refractivity contribution in [3.63, 3.8) is 0 Å². The third kappa shape index (κ3) is 3.47. The first-order valence-corrected chi connectivity index (χ1v) is 6.61. The second-order valence-corrected chi connectivity index (χ2v) is 5.43. The van der Waals surface area contributed by atoms with Gasteiger partial charge in [0, 0.05) is 18.7 Å². The third-order valence-electron chi connectivity index (χ3n) is 3.50. The van der Waals surface area contributed by atoms with E-state index < -0.39 is 6.10 Å². The number of likely N-dealkylation sites (N-methyl/N-ethyl adjacent to an activating group) is 1. The number of nitrogens with zero attached hydrogens (tertiary/aromatic N) is 1. The van der Waals surface area contributed by atoms with Gasteiger partial charge in [0.2, 0.25) is 0 Å². The highest BCUT2D eigenvalue weighted by Crippen LogP contribution is 2.31. The van der Waals surface area contributed by atoms with Crippen LogP contribution < -0.4 is 4.74 Å². The average Bonchev–Trinajstić information content (AvgIpc) is 3.12. The molecule has 1 aromatic rings. The number of benzene rings is 1. The molecule has 1 unspecified atom stereocenters. The molecule has 1 aromatic carbocycles. The van der Waals surface area contributed by atoms with Gasteiger partial charge in [0.15, 0.2) is 0 Å². The van der Waals surface area contributed by atoms with E-state index in [-0.39, 0.29) is 0 Å². The summed E-state index contributed by atoms with van der Waals surface area (Å²) in [4.78, 5) is 2.21. The minimum atomic E-state index is -0.483. The molecule has 1 atom stereocenters. The maximum atomic E-state index is 10.3. The van der Waals surface area contributed by atoms with Gasteiger partial charge in [-0.2, -0.15) is 0 Å². The predicted molar refractivity (Wildman–Crippen MR) is 72.9 cm³/mol. The van der Waals surface area contributed by atoms with Crippen molar-refractivity contribution < 1.29 is 9.84 Å². The molecule has 1 saturated carbocycles. The first-order valence-electron chi connectivity index (χ1n) is 6.61. The maximum Gasteiger partial charge on any atom is 0.124 e. The summed E-state index contributed by atoms with van der Waals surface area (Å²) in [6.07, 6.45) is 2.20. The summed E-state index contributed by atoms with van der Waals surface area (Å²) in [5, 5.41) is 10.3. The van der Waals surface area contributed by atoms with Crippen molar-refractivity contribution in [2.45, 2.75) is 25.9 Å². The Balaban J connectivity index is 2.01. The number of aryl methyl sites for hydroxylation is 1. The standard InChI is InChI=1S/C15H23NO2/c1-11-4-7-15(18-3)13(8-11)14(17)10-16(2)9-12-5-6-12/h4,7-8,12,14,17H,5-6,9-10H2,1-3H3. The highest BCUT2D eigenvalue weighted by Gasteiger charge is 2.24. The number of rotatable bonds is 6. The van der Waals surface area contributed by atoms with E-state index in [4.69, 9.17) is 4.74 Å². The van der Waals surface area contributed by atoms with Crippen molar-refractivity contribution in [2.24, 2.45) is 5.92 Å². The molecule has 0 aliphatic heterocycles. The topological polar surface area (TPSA) is 32.7 Å². The van der Waals surface area contributed by atoms with E-state index >= 15 is 0 Å². The van der Waals surface area contributed by atoms with Gasteiger partial charge < -0.3 is 14.7 Å².